The molecule has 1 heterocycles. The molecule has 0 atom stereocenters. The molecule has 0 aliphatic heterocycles. The van der Waals surface area contributed by atoms with Crippen LogP contribution in [0.4, 0.5) is 10.1 Å². The Hall–Kier alpha value is -2.99. The van der Waals surface area contributed by atoms with E-state index < -0.39 is 5.91 Å². The summed E-state index contributed by atoms with van der Waals surface area (Å²) in [6.45, 7) is 0.140. The largest absolute Gasteiger partial charge is 0.321 e. The van der Waals surface area contributed by atoms with Gasteiger partial charge in [0, 0.05) is 16.8 Å². The third-order valence-electron chi connectivity index (χ3n) is 3.45. The number of halogens is 2. The highest BCUT2D eigenvalue weighted by molar-refractivity contribution is 6.30. The summed E-state index contributed by atoms with van der Waals surface area (Å²) < 4.78 is 14.1. The van der Waals surface area contributed by atoms with Crippen molar-refractivity contribution < 1.29 is 9.18 Å². The van der Waals surface area contributed by atoms with E-state index in [1.807, 2.05) is 0 Å². The second kappa shape index (κ2) is 7.27. The minimum Gasteiger partial charge on any atom is -0.321 e. The Morgan fingerprint density at radius 3 is 2.40 bits per heavy atom. The Morgan fingerprint density at radius 1 is 1.04 bits per heavy atom. The quantitative estimate of drug-likeness (QED) is 0.779. The number of carbonyl (C=O) groups excluding carboxylic acids is 1. The fourth-order valence-electron chi connectivity index (χ4n) is 2.17. The fourth-order valence-corrected chi connectivity index (χ4v) is 2.30. The van der Waals surface area contributed by atoms with Gasteiger partial charge >= 0.3 is 0 Å². The highest BCUT2D eigenvalue weighted by Crippen LogP contribution is 2.14. The van der Waals surface area contributed by atoms with E-state index in [0.29, 0.717) is 16.3 Å². The zero-order valence-electron chi connectivity index (χ0n) is 12.9. The van der Waals surface area contributed by atoms with Gasteiger partial charge in [-0.1, -0.05) is 23.7 Å². The van der Waals surface area contributed by atoms with Gasteiger partial charge in [0.15, 0.2) is 0 Å². The number of nitrogens with one attached hydrogen (secondary N) is 1. The molecule has 2 aromatic carbocycles. The summed E-state index contributed by atoms with van der Waals surface area (Å²) in [5.74, 6) is -0.810. The first-order valence-corrected chi connectivity index (χ1v) is 7.78. The number of nitrogens with zero attached hydrogens (tertiary/aromatic N) is 2. The third-order valence-corrected chi connectivity index (χ3v) is 3.70. The molecule has 1 N–H and O–H groups in total. The predicted molar refractivity (Wildman–Crippen MR) is 93.4 cm³/mol. The summed E-state index contributed by atoms with van der Waals surface area (Å²) in [6, 6.07) is 15.0. The van der Waals surface area contributed by atoms with Crippen molar-refractivity contribution in [1.29, 1.82) is 0 Å². The number of aromatic nitrogens is 2. The predicted octanol–water partition coefficient (Wildman–Crippen LogP) is 3.34. The van der Waals surface area contributed by atoms with Gasteiger partial charge in [-0.3, -0.25) is 9.59 Å². The van der Waals surface area contributed by atoms with Crippen molar-refractivity contribution in [3.05, 3.63) is 93.1 Å². The van der Waals surface area contributed by atoms with Gasteiger partial charge in [0.25, 0.3) is 11.5 Å². The Balaban J connectivity index is 1.80. The average Bonchev–Trinajstić information content (AvgIpc) is 2.60. The molecule has 1 aromatic heterocycles. The molecule has 0 bridgehead atoms. The van der Waals surface area contributed by atoms with Crippen LogP contribution in [0.5, 0.6) is 0 Å². The summed E-state index contributed by atoms with van der Waals surface area (Å²) in [5.41, 5.74) is 1.00. The molecule has 0 unspecified atom stereocenters. The highest BCUT2D eigenvalue weighted by atomic mass is 35.5. The van der Waals surface area contributed by atoms with Gasteiger partial charge < -0.3 is 5.32 Å². The molecule has 0 aliphatic rings. The highest BCUT2D eigenvalue weighted by Gasteiger charge is 2.10. The number of rotatable bonds is 4. The lowest BCUT2D eigenvalue weighted by Gasteiger charge is -2.08. The number of hydrogen-bond donors (Lipinski definition) is 1. The Labute approximate surface area is 147 Å². The fraction of sp³-hybridized carbons (Fsp3) is 0.0556. The number of anilines is 1. The van der Waals surface area contributed by atoms with E-state index in [9.17, 15) is 14.0 Å². The van der Waals surface area contributed by atoms with Crippen LogP contribution in [0, 0.1) is 5.82 Å². The van der Waals surface area contributed by atoms with Crippen molar-refractivity contribution in [3.8, 4) is 0 Å². The first-order valence-electron chi connectivity index (χ1n) is 7.41. The second-order valence-corrected chi connectivity index (χ2v) is 5.74. The van der Waals surface area contributed by atoms with Gasteiger partial charge in [-0.15, -0.1) is 0 Å². The Bertz CT molecular complexity index is 953. The van der Waals surface area contributed by atoms with Gasteiger partial charge in [0.1, 0.15) is 11.5 Å². The van der Waals surface area contributed by atoms with Crippen molar-refractivity contribution in [2.75, 3.05) is 5.32 Å². The molecule has 7 heteroatoms. The molecule has 126 valence electrons. The maximum atomic E-state index is 13.0. The molecule has 25 heavy (non-hydrogen) atoms. The average molecular weight is 358 g/mol. The maximum Gasteiger partial charge on any atom is 0.276 e. The maximum absolute atomic E-state index is 13.0. The van der Waals surface area contributed by atoms with Gasteiger partial charge in [-0.2, -0.15) is 5.10 Å². The van der Waals surface area contributed by atoms with Crippen LogP contribution < -0.4 is 10.9 Å². The van der Waals surface area contributed by atoms with E-state index >= 15 is 0 Å². The number of carbonyl (C=O) groups is 1. The lowest BCUT2D eigenvalue weighted by molar-refractivity contribution is 0.102. The van der Waals surface area contributed by atoms with Crippen LogP contribution in [-0.4, -0.2) is 15.7 Å². The van der Waals surface area contributed by atoms with Crippen molar-refractivity contribution in [1.82, 2.24) is 9.78 Å². The van der Waals surface area contributed by atoms with E-state index in [0.717, 1.165) is 4.68 Å². The molecule has 0 aliphatic carbocycles. The smallest absolute Gasteiger partial charge is 0.276 e. The lowest BCUT2D eigenvalue weighted by atomic mass is 10.2. The first kappa shape index (κ1) is 16.9. The topological polar surface area (TPSA) is 64.0 Å². The summed E-state index contributed by atoms with van der Waals surface area (Å²) in [4.78, 5) is 24.2. The molecule has 0 radical (unpaired) electrons. The SMILES string of the molecule is O=C(Nc1ccc(Cl)cc1)c1ccc(=O)n(Cc2ccc(F)cc2)n1. The zero-order valence-corrected chi connectivity index (χ0v) is 13.7. The van der Waals surface area contributed by atoms with Gasteiger partial charge in [0.2, 0.25) is 0 Å². The molecule has 3 aromatic rings. The molecule has 0 saturated heterocycles. The van der Waals surface area contributed by atoms with Gasteiger partial charge in [0.05, 0.1) is 6.54 Å². The van der Waals surface area contributed by atoms with Crippen LogP contribution in [0.25, 0.3) is 0 Å². The van der Waals surface area contributed by atoms with Crippen LogP contribution >= 0.6 is 11.6 Å². The molecule has 0 spiro atoms. The normalized spacial score (nSPS) is 10.5. The molecule has 3 rings (SSSR count). The summed E-state index contributed by atoms with van der Waals surface area (Å²) in [5, 5.41) is 7.31. The van der Waals surface area contributed by atoms with E-state index in [-0.39, 0.29) is 23.6 Å². The number of benzene rings is 2. The Kier molecular flexibility index (Phi) is 4.90. The number of amides is 1. The summed E-state index contributed by atoms with van der Waals surface area (Å²) in [6.07, 6.45) is 0. The first-order chi connectivity index (χ1) is 12.0. The third kappa shape index (κ3) is 4.30. The Morgan fingerprint density at radius 2 is 1.72 bits per heavy atom. The van der Waals surface area contributed by atoms with Crippen LogP contribution in [0.2, 0.25) is 5.02 Å². The minimum absolute atomic E-state index is 0.0941. The summed E-state index contributed by atoms with van der Waals surface area (Å²) >= 11 is 5.80. The van der Waals surface area contributed by atoms with E-state index in [1.54, 1.807) is 36.4 Å². The van der Waals surface area contributed by atoms with Crippen molar-refractivity contribution in [2.45, 2.75) is 6.54 Å². The molecule has 5 nitrogen and oxygen atoms in total. The second-order valence-electron chi connectivity index (χ2n) is 5.30. The van der Waals surface area contributed by atoms with E-state index in [4.69, 9.17) is 11.6 Å². The molecule has 0 fully saturated rings. The summed E-state index contributed by atoms with van der Waals surface area (Å²) in [7, 11) is 0. The van der Waals surface area contributed by atoms with Crippen LogP contribution in [0.1, 0.15) is 16.1 Å². The monoisotopic (exact) mass is 357 g/mol. The van der Waals surface area contributed by atoms with Crippen LogP contribution in [0.15, 0.2) is 65.5 Å². The standard InChI is InChI=1S/C18H13ClFN3O2/c19-13-3-7-15(8-4-13)21-18(25)16-9-10-17(24)23(22-16)11-12-1-5-14(20)6-2-12/h1-10H,11H2,(H,21,25). The van der Waals surface area contributed by atoms with Crippen LogP contribution in [0.3, 0.4) is 0 Å². The minimum atomic E-state index is -0.449. The molecular formula is C18H13ClFN3O2. The molecule has 0 saturated carbocycles. The molecule has 1 amide bonds. The van der Waals surface area contributed by atoms with E-state index in [1.165, 1.54) is 24.3 Å². The molecular weight excluding hydrogens is 345 g/mol. The number of hydrogen-bond acceptors (Lipinski definition) is 3. The van der Waals surface area contributed by atoms with Crippen molar-refractivity contribution in [2.24, 2.45) is 0 Å². The van der Waals surface area contributed by atoms with Crippen molar-refractivity contribution >= 4 is 23.2 Å². The zero-order chi connectivity index (χ0) is 17.8. The van der Waals surface area contributed by atoms with Gasteiger partial charge in [-0.05, 0) is 48.0 Å². The van der Waals surface area contributed by atoms with E-state index in [2.05, 4.69) is 10.4 Å². The van der Waals surface area contributed by atoms with Crippen molar-refractivity contribution in [3.63, 3.8) is 0 Å². The lowest BCUT2D eigenvalue weighted by Crippen LogP contribution is -2.26. The van der Waals surface area contributed by atoms with Gasteiger partial charge in [-0.25, -0.2) is 9.07 Å². The van der Waals surface area contributed by atoms with Crippen LogP contribution in [-0.2, 0) is 6.54 Å².